The lowest BCUT2D eigenvalue weighted by molar-refractivity contribution is -1.02. The van der Waals surface area contributed by atoms with Gasteiger partial charge < -0.3 is 24.6 Å². The number of carbonyl (C=O) groups excluding carboxylic acids is 1. The minimum Gasteiger partial charge on any atom is -0.497 e. The van der Waals surface area contributed by atoms with E-state index in [1.165, 1.54) is 15.4 Å². The lowest BCUT2D eigenvalue weighted by atomic mass is 10.1. The number of methoxy groups -OCH3 is 2. The molecule has 2 aliphatic rings. The van der Waals surface area contributed by atoms with Gasteiger partial charge in [-0.15, -0.1) is 0 Å². The summed E-state index contributed by atoms with van der Waals surface area (Å²) in [5, 5.41) is 3.08. The first-order valence-corrected chi connectivity index (χ1v) is 8.85. The quantitative estimate of drug-likeness (QED) is 0.555. The summed E-state index contributed by atoms with van der Waals surface area (Å²) in [7, 11) is 3.40. The molecule has 6 nitrogen and oxygen atoms in total. The first-order valence-electron chi connectivity index (χ1n) is 8.85. The van der Waals surface area contributed by atoms with Crippen LogP contribution in [0.2, 0.25) is 0 Å². The van der Waals surface area contributed by atoms with Gasteiger partial charge in [-0.1, -0.05) is 0 Å². The lowest BCUT2D eigenvalue weighted by Gasteiger charge is -2.29. The van der Waals surface area contributed by atoms with E-state index in [1.54, 1.807) is 14.2 Å². The molecule has 3 N–H and O–H groups in total. The Labute approximate surface area is 143 Å². The fourth-order valence-corrected chi connectivity index (χ4v) is 3.33. The molecule has 0 spiro atoms. The molecule has 1 amide bonds. The molecule has 1 saturated carbocycles. The van der Waals surface area contributed by atoms with Gasteiger partial charge in [-0.3, -0.25) is 4.79 Å². The van der Waals surface area contributed by atoms with E-state index >= 15 is 0 Å². The first-order chi connectivity index (χ1) is 11.7. The van der Waals surface area contributed by atoms with Crippen molar-refractivity contribution in [2.24, 2.45) is 0 Å². The summed E-state index contributed by atoms with van der Waals surface area (Å²) in [6.07, 6.45) is 2.31. The van der Waals surface area contributed by atoms with Crippen molar-refractivity contribution < 1.29 is 24.1 Å². The Kier molecular flexibility index (Phi) is 5.58. The molecule has 3 rings (SSSR count). The third-order valence-electron chi connectivity index (χ3n) is 4.95. The maximum absolute atomic E-state index is 11.9. The van der Waals surface area contributed by atoms with E-state index in [0.717, 1.165) is 57.1 Å². The Hall–Kier alpha value is -1.79. The van der Waals surface area contributed by atoms with Crippen LogP contribution in [0.5, 0.6) is 11.5 Å². The second kappa shape index (κ2) is 7.85. The summed E-state index contributed by atoms with van der Waals surface area (Å²) in [4.78, 5) is 14.9. The fourth-order valence-electron chi connectivity index (χ4n) is 3.33. The second-order valence-corrected chi connectivity index (χ2v) is 6.87. The van der Waals surface area contributed by atoms with Crippen LogP contribution in [0, 0.1) is 0 Å². The molecule has 1 aromatic rings. The molecule has 0 unspecified atom stereocenters. The van der Waals surface area contributed by atoms with Gasteiger partial charge in [0.15, 0.2) is 6.54 Å². The van der Waals surface area contributed by atoms with Crippen molar-refractivity contribution >= 4 is 5.91 Å². The first kappa shape index (κ1) is 17.0. The normalized spacial score (nSPS) is 23.6. The van der Waals surface area contributed by atoms with E-state index in [2.05, 4.69) is 11.4 Å². The van der Waals surface area contributed by atoms with Crippen molar-refractivity contribution in [2.45, 2.75) is 25.4 Å². The molecule has 132 valence electrons. The molecule has 6 heteroatoms. The van der Waals surface area contributed by atoms with Crippen LogP contribution in [0.25, 0.3) is 0 Å². The molecular weight excluding hydrogens is 306 g/mol. The van der Waals surface area contributed by atoms with Gasteiger partial charge in [0.25, 0.3) is 5.91 Å². The molecule has 0 atom stereocenters. The lowest BCUT2D eigenvalue weighted by Crippen LogP contribution is -3.28. The molecule has 0 aromatic heterocycles. The summed E-state index contributed by atoms with van der Waals surface area (Å²) in [6, 6.07) is 6.42. The number of hydrogen-bond acceptors (Lipinski definition) is 3. The van der Waals surface area contributed by atoms with Crippen molar-refractivity contribution in [1.29, 1.82) is 0 Å². The van der Waals surface area contributed by atoms with Crippen LogP contribution in [0.1, 0.15) is 18.4 Å². The molecule has 2 fully saturated rings. The van der Waals surface area contributed by atoms with Crippen LogP contribution in [0.15, 0.2) is 18.2 Å². The highest BCUT2D eigenvalue weighted by Crippen LogP contribution is 2.23. The zero-order valence-electron chi connectivity index (χ0n) is 14.7. The smallest absolute Gasteiger partial charge is 0.275 e. The molecule has 1 aromatic carbocycles. The van der Waals surface area contributed by atoms with Gasteiger partial charge in [0, 0.05) is 6.04 Å². The average Bonchev–Trinajstić information content (AvgIpc) is 3.40. The van der Waals surface area contributed by atoms with Crippen LogP contribution in [0.4, 0.5) is 0 Å². The second-order valence-electron chi connectivity index (χ2n) is 6.87. The van der Waals surface area contributed by atoms with E-state index < -0.39 is 0 Å². The van der Waals surface area contributed by atoms with E-state index in [9.17, 15) is 4.79 Å². The van der Waals surface area contributed by atoms with Gasteiger partial charge >= 0.3 is 0 Å². The van der Waals surface area contributed by atoms with Gasteiger partial charge in [-0.05, 0) is 31.0 Å². The van der Waals surface area contributed by atoms with Gasteiger partial charge in [0.1, 0.15) is 44.2 Å². The molecular formula is C18H29N3O3+2. The van der Waals surface area contributed by atoms with Crippen molar-refractivity contribution in [2.75, 3.05) is 46.9 Å². The van der Waals surface area contributed by atoms with E-state index in [0.29, 0.717) is 12.6 Å². The Morgan fingerprint density at radius 3 is 2.46 bits per heavy atom. The number of amides is 1. The summed E-state index contributed by atoms with van der Waals surface area (Å²) >= 11 is 0. The Morgan fingerprint density at radius 1 is 1.12 bits per heavy atom. The number of quaternary nitrogens is 2. The zero-order valence-corrected chi connectivity index (χ0v) is 14.7. The van der Waals surface area contributed by atoms with Crippen LogP contribution < -0.4 is 24.6 Å². The number of rotatable bonds is 7. The number of ether oxygens (including phenoxy) is 2. The summed E-state index contributed by atoms with van der Waals surface area (Å²) in [5.74, 6) is 2.00. The summed E-state index contributed by atoms with van der Waals surface area (Å²) < 4.78 is 10.8. The van der Waals surface area contributed by atoms with Gasteiger partial charge in [0.2, 0.25) is 0 Å². The third-order valence-corrected chi connectivity index (χ3v) is 4.95. The zero-order chi connectivity index (χ0) is 16.9. The summed E-state index contributed by atoms with van der Waals surface area (Å²) in [5.41, 5.74) is 1.18. The maximum atomic E-state index is 11.9. The number of hydrogen-bond donors (Lipinski definition) is 3. The van der Waals surface area contributed by atoms with Crippen molar-refractivity contribution in [3.63, 3.8) is 0 Å². The SMILES string of the molecule is COc1ccc(OC)c(C[NH+]2CC[NH+](CC(=O)NC3CC3)CC2)c1. The Morgan fingerprint density at radius 2 is 1.83 bits per heavy atom. The van der Waals surface area contributed by atoms with Gasteiger partial charge in [-0.2, -0.15) is 0 Å². The van der Waals surface area contributed by atoms with Crippen LogP contribution in [-0.4, -0.2) is 58.9 Å². The van der Waals surface area contributed by atoms with Crippen molar-refractivity contribution in [3.05, 3.63) is 23.8 Å². The highest BCUT2D eigenvalue weighted by atomic mass is 16.5. The molecule has 0 bridgehead atoms. The predicted octanol–water partition coefficient (Wildman–Crippen LogP) is -1.73. The van der Waals surface area contributed by atoms with E-state index in [4.69, 9.17) is 9.47 Å². The molecule has 1 heterocycles. The Bertz CT molecular complexity index is 567. The highest BCUT2D eigenvalue weighted by molar-refractivity contribution is 5.77. The van der Waals surface area contributed by atoms with E-state index in [1.807, 2.05) is 12.1 Å². The van der Waals surface area contributed by atoms with Crippen LogP contribution in [0.3, 0.4) is 0 Å². The molecule has 24 heavy (non-hydrogen) atoms. The van der Waals surface area contributed by atoms with Gasteiger partial charge in [0.05, 0.1) is 19.8 Å². The minimum atomic E-state index is 0.213. The minimum absolute atomic E-state index is 0.213. The number of benzene rings is 1. The van der Waals surface area contributed by atoms with Crippen LogP contribution >= 0.6 is 0 Å². The largest absolute Gasteiger partial charge is 0.497 e. The van der Waals surface area contributed by atoms with Gasteiger partial charge in [-0.25, -0.2) is 0 Å². The monoisotopic (exact) mass is 335 g/mol. The average molecular weight is 335 g/mol. The third kappa shape index (κ3) is 4.61. The Balaban J connectivity index is 1.49. The summed E-state index contributed by atoms with van der Waals surface area (Å²) in [6.45, 7) is 5.78. The van der Waals surface area contributed by atoms with E-state index in [-0.39, 0.29) is 5.91 Å². The highest BCUT2D eigenvalue weighted by Gasteiger charge is 2.28. The molecule has 1 aliphatic heterocycles. The number of nitrogens with one attached hydrogen (secondary N) is 3. The van der Waals surface area contributed by atoms with Crippen molar-refractivity contribution in [3.8, 4) is 11.5 Å². The topological polar surface area (TPSA) is 56.4 Å². The molecule has 1 aliphatic carbocycles. The number of piperazine rings is 1. The predicted molar refractivity (Wildman–Crippen MR) is 90.7 cm³/mol. The standard InChI is InChI=1S/C18H27N3O3/c1-23-16-5-6-17(24-2)14(11-16)12-20-7-9-21(10-8-20)13-18(22)19-15-3-4-15/h5-6,11,15H,3-4,7-10,12-13H2,1-2H3,(H,19,22)/p+2. The van der Waals surface area contributed by atoms with Crippen LogP contribution in [-0.2, 0) is 11.3 Å². The number of carbonyl (C=O) groups is 1. The molecule has 0 radical (unpaired) electrons. The maximum Gasteiger partial charge on any atom is 0.275 e. The molecule has 1 saturated heterocycles. The van der Waals surface area contributed by atoms with Crippen molar-refractivity contribution in [1.82, 2.24) is 5.32 Å². The fraction of sp³-hybridized carbons (Fsp3) is 0.611.